The normalized spacial score (nSPS) is 12.0. The van der Waals surface area contributed by atoms with E-state index in [-0.39, 0.29) is 31.3 Å². The van der Waals surface area contributed by atoms with Gasteiger partial charge >= 0.3 is 0 Å². The standard InChI is InChI=1S/C27H39N3O5S/c1-6-7-18-28-27(32)22(3)29(20-23-14-16-24(35-4)17-15-23)26(31)13-10-19-30(36(5,33)34)25-12-9-8-11-21(25)2/h8-9,11-12,14-17,22H,6-7,10,13,18-20H2,1-5H3,(H,28,32)/t22-/m0/s1. The molecule has 0 spiro atoms. The van der Waals surface area contributed by atoms with Crippen LogP contribution in [0, 0.1) is 6.92 Å². The number of carbonyl (C=O) groups excluding carboxylic acids is 2. The van der Waals surface area contributed by atoms with Crippen molar-refractivity contribution in [2.45, 2.75) is 59.0 Å². The lowest BCUT2D eigenvalue weighted by molar-refractivity contribution is -0.140. The van der Waals surface area contributed by atoms with E-state index in [0.717, 1.165) is 24.0 Å². The zero-order chi connectivity index (χ0) is 26.7. The Morgan fingerprint density at radius 2 is 1.72 bits per heavy atom. The van der Waals surface area contributed by atoms with E-state index in [0.29, 0.717) is 24.4 Å². The van der Waals surface area contributed by atoms with Gasteiger partial charge in [-0.15, -0.1) is 0 Å². The van der Waals surface area contributed by atoms with Crippen molar-refractivity contribution in [3.63, 3.8) is 0 Å². The van der Waals surface area contributed by atoms with Crippen LogP contribution in [0.4, 0.5) is 5.69 Å². The van der Waals surface area contributed by atoms with Gasteiger partial charge in [-0.3, -0.25) is 13.9 Å². The first-order chi connectivity index (χ1) is 17.1. The summed E-state index contributed by atoms with van der Waals surface area (Å²) < 4.78 is 31.5. The van der Waals surface area contributed by atoms with Gasteiger partial charge in [0.05, 0.1) is 19.1 Å². The summed E-state index contributed by atoms with van der Waals surface area (Å²) in [5.41, 5.74) is 2.31. The Labute approximate surface area is 215 Å². The summed E-state index contributed by atoms with van der Waals surface area (Å²) in [5, 5.41) is 2.90. The lowest BCUT2D eigenvalue weighted by atomic mass is 10.1. The topological polar surface area (TPSA) is 96.0 Å². The fourth-order valence-corrected chi connectivity index (χ4v) is 4.89. The third-order valence-electron chi connectivity index (χ3n) is 6.05. The van der Waals surface area contributed by atoms with E-state index in [1.807, 2.05) is 50.2 Å². The van der Waals surface area contributed by atoms with E-state index in [1.165, 1.54) is 10.6 Å². The number of nitrogens with zero attached hydrogens (tertiary/aromatic N) is 2. The molecular weight excluding hydrogens is 478 g/mol. The molecule has 2 aromatic carbocycles. The first kappa shape index (κ1) is 29.2. The molecular formula is C27H39N3O5S. The summed E-state index contributed by atoms with van der Waals surface area (Å²) >= 11 is 0. The number of benzene rings is 2. The van der Waals surface area contributed by atoms with Crippen molar-refractivity contribution in [3.05, 3.63) is 59.7 Å². The Hall–Kier alpha value is -3.07. The third-order valence-corrected chi connectivity index (χ3v) is 7.23. The first-order valence-electron chi connectivity index (χ1n) is 12.3. The molecule has 0 aliphatic rings. The van der Waals surface area contributed by atoms with E-state index in [2.05, 4.69) is 5.32 Å². The Morgan fingerprint density at radius 3 is 2.31 bits per heavy atom. The number of nitrogens with one attached hydrogen (secondary N) is 1. The molecule has 36 heavy (non-hydrogen) atoms. The zero-order valence-corrected chi connectivity index (χ0v) is 22.8. The lowest BCUT2D eigenvalue weighted by Gasteiger charge is -2.29. The number of sulfonamides is 1. The molecule has 0 aliphatic carbocycles. The molecule has 2 aromatic rings. The molecule has 0 unspecified atom stereocenters. The predicted molar refractivity (Wildman–Crippen MR) is 144 cm³/mol. The molecule has 1 atom stereocenters. The summed E-state index contributed by atoms with van der Waals surface area (Å²) in [5.74, 6) is 0.296. The molecule has 0 radical (unpaired) electrons. The van der Waals surface area contributed by atoms with Gasteiger partial charge in [-0.05, 0) is 56.0 Å². The number of hydrogen-bond donors (Lipinski definition) is 1. The van der Waals surface area contributed by atoms with E-state index in [9.17, 15) is 18.0 Å². The van der Waals surface area contributed by atoms with Crippen molar-refractivity contribution in [1.29, 1.82) is 0 Å². The first-order valence-corrected chi connectivity index (χ1v) is 14.2. The number of hydrogen-bond acceptors (Lipinski definition) is 5. The van der Waals surface area contributed by atoms with Gasteiger partial charge in [-0.25, -0.2) is 8.42 Å². The Bertz CT molecular complexity index is 1100. The number of aryl methyl sites for hydroxylation is 1. The Kier molecular flexibility index (Phi) is 11.2. The molecule has 0 fully saturated rings. The molecule has 9 heteroatoms. The molecule has 2 rings (SSSR count). The molecule has 0 aliphatic heterocycles. The van der Waals surface area contributed by atoms with Crippen molar-refractivity contribution in [3.8, 4) is 5.75 Å². The van der Waals surface area contributed by atoms with Crippen LogP contribution >= 0.6 is 0 Å². The summed E-state index contributed by atoms with van der Waals surface area (Å²) in [6.45, 7) is 6.62. The van der Waals surface area contributed by atoms with Crippen molar-refractivity contribution in [2.24, 2.45) is 0 Å². The SMILES string of the molecule is CCCCNC(=O)[C@H](C)N(Cc1ccc(OC)cc1)C(=O)CCCN(c1ccccc1C)S(C)(=O)=O. The van der Waals surface area contributed by atoms with Gasteiger partial charge in [0.1, 0.15) is 11.8 Å². The highest BCUT2D eigenvalue weighted by atomic mass is 32.2. The average molecular weight is 518 g/mol. The van der Waals surface area contributed by atoms with Gasteiger partial charge in [0.2, 0.25) is 21.8 Å². The number of unbranched alkanes of at least 4 members (excludes halogenated alkanes) is 1. The van der Waals surface area contributed by atoms with Gasteiger partial charge < -0.3 is 15.0 Å². The van der Waals surface area contributed by atoms with Crippen LogP contribution in [-0.4, -0.2) is 57.6 Å². The van der Waals surface area contributed by atoms with Crippen molar-refractivity contribution in [1.82, 2.24) is 10.2 Å². The van der Waals surface area contributed by atoms with E-state index >= 15 is 0 Å². The van der Waals surface area contributed by atoms with E-state index in [4.69, 9.17) is 4.74 Å². The Balaban J connectivity index is 2.16. The van der Waals surface area contributed by atoms with Crippen LogP contribution in [0.3, 0.4) is 0 Å². The van der Waals surface area contributed by atoms with Gasteiger partial charge in [0.25, 0.3) is 0 Å². The maximum atomic E-state index is 13.3. The number of ether oxygens (including phenoxy) is 1. The lowest BCUT2D eigenvalue weighted by Crippen LogP contribution is -2.48. The fraction of sp³-hybridized carbons (Fsp3) is 0.481. The monoisotopic (exact) mass is 517 g/mol. The zero-order valence-electron chi connectivity index (χ0n) is 22.0. The Morgan fingerprint density at radius 1 is 1.06 bits per heavy atom. The molecule has 0 saturated heterocycles. The second kappa shape index (κ2) is 13.9. The molecule has 8 nitrogen and oxygen atoms in total. The van der Waals surface area contributed by atoms with Crippen molar-refractivity contribution in [2.75, 3.05) is 30.8 Å². The van der Waals surface area contributed by atoms with Gasteiger partial charge in [-0.2, -0.15) is 0 Å². The average Bonchev–Trinajstić information content (AvgIpc) is 2.85. The van der Waals surface area contributed by atoms with Gasteiger partial charge in [0.15, 0.2) is 0 Å². The fourth-order valence-electron chi connectivity index (χ4n) is 3.87. The number of anilines is 1. The number of para-hydroxylation sites is 1. The van der Waals surface area contributed by atoms with Crippen LogP contribution in [0.1, 0.15) is 50.7 Å². The molecule has 0 aromatic heterocycles. The minimum absolute atomic E-state index is 0.112. The van der Waals surface area contributed by atoms with Gasteiger partial charge in [-0.1, -0.05) is 43.7 Å². The molecule has 0 saturated carbocycles. The number of amides is 2. The summed E-state index contributed by atoms with van der Waals surface area (Å²) in [7, 11) is -1.94. The van der Waals surface area contributed by atoms with E-state index in [1.54, 1.807) is 31.1 Å². The largest absolute Gasteiger partial charge is 0.497 e. The van der Waals surface area contributed by atoms with Gasteiger partial charge in [0, 0.05) is 26.1 Å². The van der Waals surface area contributed by atoms with Crippen LogP contribution < -0.4 is 14.4 Å². The molecule has 0 bridgehead atoms. The second-order valence-corrected chi connectivity index (χ2v) is 10.8. The van der Waals surface area contributed by atoms with E-state index < -0.39 is 16.1 Å². The summed E-state index contributed by atoms with van der Waals surface area (Å²) in [6, 6.07) is 14.0. The van der Waals surface area contributed by atoms with Crippen LogP contribution in [0.25, 0.3) is 0 Å². The van der Waals surface area contributed by atoms with Crippen LogP contribution in [0.5, 0.6) is 5.75 Å². The van der Waals surface area contributed by atoms with Crippen molar-refractivity contribution < 1.29 is 22.7 Å². The van der Waals surface area contributed by atoms with Crippen molar-refractivity contribution >= 4 is 27.5 Å². The van der Waals surface area contributed by atoms with Crippen LogP contribution in [0.15, 0.2) is 48.5 Å². The third kappa shape index (κ3) is 8.55. The molecule has 2 amide bonds. The molecule has 1 N–H and O–H groups in total. The summed E-state index contributed by atoms with van der Waals surface area (Å²) in [4.78, 5) is 27.7. The molecule has 0 heterocycles. The highest BCUT2D eigenvalue weighted by Gasteiger charge is 2.26. The maximum absolute atomic E-state index is 13.3. The maximum Gasteiger partial charge on any atom is 0.242 e. The molecule has 198 valence electrons. The minimum atomic E-state index is -3.52. The van der Waals surface area contributed by atoms with Crippen LogP contribution in [0.2, 0.25) is 0 Å². The summed E-state index contributed by atoms with van der Waals surface area (Å²) in [6.07, 6.45) is 3.43. The minimum Gasteiger partial charge on any atom is -0.497 e. The number of methoxy groups -OCH3 is 1. The number of carbonyl (C=O) groups is 2. The highest BCUT2D eigenvalue weighted by molar-refractivity contribution is 7.92. The quantitative estimate of drug-likeness (QED) is 0.384. The predicted octanol–water partition coefficient (Wildman–Crippen LogP) is 3.88. The smallest absolute Gasteiger partial charge is 0.242 e. The highest BCUT2D eigenvalue weighted by Crippen LogP contribution is 2.23. The van der Waals surface area contributed by atoms with Crippen LogP contribution in [-0.2, 0) is 26.2 Å². The second-order valence-electron chi connectivity index (χ2n) is 8.92. The number of rotatable bonds is 14.